The highest BCUT2D eigenvalue weighted by atomic mass is 35.5. The van der Waals surface area contributed by atoms with E-state index in [2.05, 4.69) is 14.9 Å². The van der Waals surface area contributed by atoms with Gasteiger partial charge in [-0.15, -0.1) is 11.6 Å². The molecule has 1 rings (SSSR count). The molecule has 1 N–H and O–H groups in total. The minimum Gasteiger partial charge on any atom is -0.338 e. The van der Waals surface area contributed by atoms with E-state index >= 15 is 0 Å². The quantitative estimate of drug-likeness (QED) is 0.733. The molecule has 0 amide bonds. The molecule has 1 heterocycles. The van der Waals surface area contributed by atoms with Crippen LogP contribution in [-0.2, 0) is 16.6 Å². The Morgan fingerprint density at radius 1 is 1.57 bits per heavy atom. The van der Waals surface area contributed by atoms with E-state index in [4.69, 9.17) is 16.1 Å². The Balaban J connectivity index is 2.48. The fourth-order valence-corrected chi connectivity index (χ4v) is 2.06. The topological polar surface area (TPSA) is 85.1 Å². The van der Waals surface area contributed by atoms with Crippen molar-refractivity contribution in [2.75, 3.05) is 11.6 Å². The molecule has 0 saturated carbocycles. The van der Waals surface area contributed by atoms with Gasteiger partial charge in [0.15, 0.2) is 5.82 Å². The van der Waals surface area contributed by atoms with Crippen LogP contribution in [0.5, 0.6) is 0 Å². The number of halogens is 1. The zero-order valence-corrected chi connectivity index (χ0v) is 9.10. The van der Waals surface area contributed by atoms with Crippen LogP contribution in [0, 0.1) is 6.92 Å². The van der Waals surface area contributed by atoms with Crippen LogP contribution in [0.3, 0.4) is 0 Å². The van der Waals surface area contributed by atoms with Gasteiger partial charge in [0.2, 0.25) is 15.9 Å². The first kappa shape index (κ1) is 11.4. The van der Waals surface area contributed by atoms with Crippen molar-refractivity contribution in [2.24, 2.45) is 0 Å². The van der Waals surface area contributed by atoms with E-state index < -0.39 is 10.0 Å². The number of nitrogens with one attached hydrogen (secondary N) is 1. The molecule has 1 aromatic rings. The first-order valence-electron chi connectivity index (χ1n) is 3.86. The van der Waals surface area contributed by atoms with E-state index in [1.54, 1.807) is 6.92 Å². The molecule has 0 aliphatic carbocycles. The zero-order valence-electron chi connectivity index (χ0n) is 7.53. The van der Waals surface area contributed by atoms with Crippen molar-refractivity contribution in [1.29, 1.82) is 0 Å². The molecule has 0 bridgehead atoms. The number of hydrogen-bond donors (Lipinski definition) is 1. The molecule has 0 fully saturated rings. The third kappa shape index (κ3) is 3.60. The van der Waals surface area contributed by atoms with Gasteiger partial charge < -0.3 is 4.52 Å². The van der Waals surface area contributed by atoms with Crippen LogP contribution >= 0.6 is 11.6 Å². The lowest BCUT2D eigenvalue weighted by atomic mass is 10.6. The van der Waals surface area contributed by atoms with Crippen molar-refractivity contribution < 1.29 is 12.9 Å². The van der Waals surface area contributed by atoms with Crippen LogP contribution in [0.1, 0.15) is 11.7 Å². The minimum atomic E-state index is -3.33. The summed E-state index contributed by atoms with van der Waals surface area (Å²) in [6, 6.07) is 0. The van der Waals surface area contributed by atoms with E-state index in [0.717, 1.165) is 0 Å². The van der Waals surface area contributed by atoms with Gasteiger partial charge in [-0.3, -0.25) is 0 Å². The number of hydrogen-bond acceptors (Lipinski definition) is 5. The number of aromatic nitrogens is 2. The first-order chi connectivity index (χ1) is 6.53. The van der Waals surface area contributed by atoms with E-state index in [-0.39, 0.29) is 24.1 Å². The van der Waals surface area contributed by atoms with Crippen molar-refractivity contribution in [3.8, 4) is 0 Å². The highest BCUT2D eigenvalue weighted by Gasteiger charge is 2.11. The van der Waals surface area contributed by atoms with Crippen LogP contribution in [0.2, 0.25) is 0 Å². The Morgan fingerprint density at radius 3 is 2.79 bits per heavy atom. The van der Waals surface area contributed by atoms with Crippen LogP contribution in [0.25, 0.3) is 0 Å². The van der Waals surface area contributed by atoms with Crippen molar-refractivity contribution in [1.82, 2.24) is 14.9 Å². The molecule has 0 saturated heterocycles. The standard InChI is InChI=1S/C6H10ClN3O3S/c1-5-9-6(13-10-5)4-8-14(11,12)3-2-7/h8H,2-4H2,1H3. The number of nitrogens with zero attached hydrogens (tertiary/aromatic N) is 2. The van der Waals surface area contributed by atoms with Crippen molar-refractivity contribution in [3.05, 3.63) is 11.7 Å². The first-order valence-corrected chi connectivity index (χ1v) is 6.04. The molecule has 0 aromatic carbocycles. The molecule has 0 spiro atoms. The normalized spacial score (nSPS) is 11.9. The van der Waals surface area contributed by atoms with Crippen LogP contribution in [0.4, 0.5) is 0 Å². The molecule has 6 nitrogen and oxygen atoms in total. The summed E-state index contributed by atoms with van der Waals surface area (Å²) in [5.74, 6) is 0.636. The van der Waals surface area contributed by atoms with E-state index in [9.17, 15) is 8.42 Å². The molecule has 0 aliphatic heterocycles. The molecule has 0 aliphatic rings. The Morgan fingerprint density at radius 2 is 2.29 bits per heavy atom. The monoisotopic (exact) mass is 239 g/mol. The van der Waals surface area contributed by atoms with Gasteiger partial charge in [0.25, 0.3) is 0 Å². The molecular weight excluding hydrogens is 230 g/mol. The van der Waals surface area contributed by atoms with Gasteiger partial charge in [0.05, 0.1) is 12.3 Å². The lowest BCUT2D eigenvalue weighted by molar-refractivity contribution is 0.372. The Labute approximate surface area is 86.7 Å². The van der Waals surface area contributed by atoms with Gasteiger partial charge in [0, 0.05) is 5.88 Å². The van der Waals surface area contributed by atoms with Gasteiger partial charge in [0.1, 0.15) is 0 Å². The van der Waals surface area contributed by atoms with Crippen molar-refractivity contribution in [3.63, 3.8) is 0 Å². The maximum atomic E-state index is 11.1. The summed E-state index contributed by atoms with van der Waals surface area (Å²) in [5, 5.41) is 3.52. The maximum Gasteiger partial charge on any atom is 0.241 e. The molecule has 0 radical (unpaired) electrons. The second-order valence-electron chi connectivity index (χ2n) is 2.56. The molecule has 80 valence electrons. The lowest BCUT2D eigenvalue weighted by Crippen LogP contribution is -2.26. The summed E-state index contributed by atoms with van der Waals surface area (Å²) in [5.41, 5.74) is 0. The summed E-state index contributed by atoms with van der Waals surface area (Å²) in [6.07, 6.45) is 0. The Kier molecular flexibility index (Phi) is 3.85. The van der Waals surface area contributed by atoms with E-state index in [1.165, 1.54) is 0 Å². The highest BCUT2D eigenvalue weighted by molar-refractivity contribution is 7.89. The third-order valence-corrected chi connectivity index (χ3v) is 3.10. The zero-order chi connectivity index (χ0) is 10.6. The second-order valence-corrected chi connectivity index (χ2v) is 4.87. The smallest absolute Gasteiger partial charge is 0.241 e. The van der Waals surface area contributed by atoms with Crippen LogP contribution in [-0.4, -0.2) is 30.2 Å². The molecule has 0 unspecified atom stereocenters. The van der Waals surface area contributed by atoms with Gasteiger partial charge >= 0.3 is 0 Å². The average Bonchev–Trinajstić information content (AvgIpc) is 2.48. The number of rotatable bonds is 5. The third-order valence-electron chi connectivity index (χ3n) is 1.36. The summed E-state index contributed by atoms with van der Waals surface area (Å²) in [6.45, 7) is 1.65. The summed E-state index contributed by atoms with van der Waals surface area (Å²) < 4.78 is 29.2. The predicted octanol–water partition coefficient (Wildman–Crippen LogP) is 0.0362. The molecular formula is C6H10ClN3O3S. The molecule has 1 aromatic heterocycles. The van der Waals surface area contributed by atoms with Gasteiger partial charge in [-0.25, -0.2) is 13.1 Å². The fraction of sp³-hybridized carbons (Fsp3) is 0.667. The number of aryl methyl sites for hydroxylation is 1. The summed E-state index contributed by atoms with van der Waals surface area (Å²) in [4.78, 5) is 3.84. The van der Waals surface area contributed by atoms with Crippen LogP contribution in [0.15, 0.2) is 4.52 Å². The predicted molar refractivity (Wildman–Crippen MR) is 50.4 cm³/mol. The van der Waals surface area contributed by atoms with Crippen molar-refractivity contribution in [2.45, 2.75) is 13.5 Å². The summed E-state index contributed by atoms with van der Waals surface area (Å²) >= 11 is 5.30. The Hall–Kier alpha value is -0.660. The van der Waals surface area contributed by atoms with Gasteiger partial charge in [-0.2, -0.15) is 4.98 Å². The van der Waals surface area contributed by atoms with E-state index in [0.29, 0.717) is 5.82 Å². The maximum absolute atomic E-state index is 11.1. The lowest BCUT2D eigenvalue weighted by Gasteiger charge is -2.00. The van der Waals surface area contributed by atoms with E-state index in [1.807, 2.05) is 0 Å². The average molecular weight is 240 g/mol. The van der Waals surface area contributed by atoms with Crippen molar-refractivity contribution >= 4 is 21.6 Å². The van der Waals surface area contributed by atoms with Gasteiger partial charge in [-0.05, 0) is 6.92 Å². The van der Waals surface area contributed by atoms with Gasteiger partial charge in [-0.1, -0.05) is 5.16 Å². The second kappa shape index (κ2) is 4.72. The SMILES string of the molecule is Cc1noc(CNS(=O)(=O)CCCl)n1. The molecule has 14 heavy (non-hydrogen) atoms. The summed E-state index contributed by atoms with van der Waals surface area (Å²) in [7, 11) is -3.33. The Bertz CT molecular complexity index is 389. The van der Waals surface area contributed by atoms with Crippen LogP contribution < -0.4 is 4.72 Å². The largest absolute Gasteiger partial charge is 0.338 e. The molecule has 8 heteroatoms. The number of sulfonamides is 1. The number of alkyl halides is 1. The minimum absolute atomic E-state index is 0.0000617. The highest BCUT2D eigenvalue weighted by Crippen LogP contribution is 1.96. The fourth-order valence-electron chi connectivity index (χ4n) is 0.757. The molecule has 0 atom stereocenters.